The molecule has 2 nitrogen and oxygen atoms in total. The van der Waals surface area contributed by atoms with Crippen LogP contribution in [0.5, 0.6) is 0 Å². The molecule has 0 amide bonds. The van der Waals surface area contributed by atoms with Gasteiger partial charge in [0.25, 0.3) is 0 Å². The van der Waals surface area contributed by atoms with E-state index in [1.165, 1.54) is 50.9 Å². The Hall–Kier alpha value is -0.860. The van der Waals surface area contributed by atoms with E-state index in [1.54, 1.807) is 0 Å². The topological polar surface area (TPSA) is 15.3 Å². The van der Waals surface area contributed by atoms with Crippen LogP contribution < -0.4 is 5.32 Å². The second-order valence-corrected chi connectivity index (χ2v) is 6.71. The van der Waals surface area contributed by atoms with Crippen LogP contribution in [0.1, 0.15) is 38.7 Å². The van der Waals surface area contributed by atoms with Gasteiger partial charge in [-0.25, -0.2) is 0 Å². The lowest BCUT2D eigenvalue weighted by Gasteiger charge is -2.35. The number of piperidine rings is 1. The Bertz CT molecular complexity index is 382. The van der Waals surface area contributed by atoms with E-state index >= 15 is 0 Å². The van der Waals surface area contributed by atoms with E-state index in [4.69, 9.17) is 0 Å². The molecule has 1 aliphatic rings. The van der Waals surface area contributed by atoms with Crippen molar-refractivity contribution in [2.75, 3.05) is 26.7 Å². The highest BCUT2D eigenvalue weighted by Gasteiger charge is 2.23. The summed E-state index contributed by atoms with van der Waals surface area (Å²) >= 11 is 0. The monoisotopic (exact) mass is 288 g/mol. The van der Waals surface area contributed by atoms with Crippen molar-refractivity contribution in [2.45, 2.75) is 45.6 Å². The fraction of sp³-hybridized carbons (Fsp3) is 0.684. The normalized spacial score (nSPS) is 20.3. The highest BCUT2D eigenvalue weighted by Crippen LogP contribution is 2.22. The zero-order chi connectivity index (χ0) is 15.1. The van der Waals surface area contributed by atoms with Gasteiger partial charge in [0.1, 0.15) is 0 Å². The standard InChI is InChI=1S/C19H32N2/c1-4-16(2)19(20-3)15-21-12-10-18(11-13-21)14-17-8-6-5-7-9-17/h5-9,16,18-20H,4,10-15H2,1-3H3. The highest BCUT2D eigenvalue weighted by molar-refractivity contribution is 5.15. The minimum absolute atomic E-state index is 0.640. The summed E-state index contributed by atoms with van der Waals surface area (Å²) < 4.78 is 0. The van der Waals surface area contributed by atoms with Crippen molar-refractivity contribution in [1.82, 2.24) is 10.2 Å². The molecule has 0 radical (unpaired) electrons. The average molecular weight is 288 g/mol. The minimum atomic E-state index is 0.640. The number of nitrogens with one attached hydrogen (secondary N) is 1. The van der Waals surface area contributed by atoms with Gasteiger partial charge in [-0.05, 0) is 56.8 Å². The lowest BCUT2D eigenvalue weighted by molar-refractivity contribution is 0.155. The largest absolute Gasteiger partial charge is 0.315 e. The van der Waals surface area contributed by atoms with Crippen LogP contribution in [0.25, 0.3) is 0 Å². The van der Waals surface area contributed by atoms with Gasteiger partial charge in [-0.3, -0.25) is 0 Å². The third-order valence-electron chi connectivity index (χ3n) is 5.23. The molecular weight excluding hydrogens is 256 g/mol. The number of benzene rings is 1. The molecule has 1 aromatic carbocycles. The third kappa shape index (κ3) is 5.12. The summed E-state index contributed by atoms with van der Waals surface area (Å²) in [4.78, 5) is 2.66. The molecule has 0 bridgehead atoms. The molecule has 1 aliphatic heterocycles. The van der Waals surface area contributed by atoms with Crippen molar-refractivity contribution >= 4 is 0 Å². The van der Waals surface area contributed by atoms with Gasteiger partial charge in [-0.1, -0.05) is 50.6 Å². The maximum Gasteiger partial charge on any atom is 0.0217 e. The van der Waals surface area contributed by atoms with Crippen molar-refractivity contribution in [1.29, 1.82) is 0 Å². The molecule has 2 unspecified atom stereocenters. The van der Waals surface area contributed by atoms with Gasteiger partial charge >= 0.3 is 0 Å². The van der Waals surface area contributed by atoms with E-state index in [9.17, 15) is 0 Å². The average Bonchev–Trinajstić information content (AvgIpc) is 2.54. The summed E-state index contributed by atoms with van der Waals surface area (Å²) in [5.74, 6) is 1.64. The number of rotatable bonds is 7. The number of likely N-dealkylation sites (tertiary alicyclic amines) is 1. The molecule has 0 aliphatic carbocycles. The summed E-state index contributed by atoms with van der Waals surface area (Å²) in [6, 6.07) is 11.6. The number of likely N-dealkylation sites (N-methyl/N-ethyl adjacent to an activating group) is 1. The first kappa shape index (κ1) is 16.5. The number of nitrogens with zero attached hydrogens (tertiary/aromatic N) is 1. The van der Waals surface area contributed by atoms with Crippen molar-refractivity contribution in [3.05, 3.63) is 35.9 Å². The maximum absolute atomic E-state index is 3.51. The van der Waals surface area contributed by atoms with E-state index < -0.39 is 0 Å². The molecule has 2 atom stereocenters. The smallest absolute Gasteiger partial charge is 0.0217 e. The Morgan fingerprint density at radius 3 is 2.43 bits per heavy atom. The summed E-state index contributed by atoms with van der Waals surface area (Å²) in [7, 11) is 2.11. The Balaban J connectivity index is 1.75. The third-order valence-corrected chi connectivity index (χ3v) is 5.23. The number of hydrogen-bond donors (Lipinski definition) is 1. The van der Waals surface area contributed by atoms with E-state index in [-0.39, 0.29) is 0 Å². The SMILES string of the molecule is CCC(C)C(CN1CCC(Cc2ccccc2)CC1)NC. The van der Waals surface area contributed by atoms with Gasteiger partial charge in [0.15, 0.2) is 0 Å². The van der Waals surface area contributed by atoms with Crippen LogP contribution in [0.15, 0.2) is 30.3 Å². The van der Waals surface area contributed by atoms with Crippen LogP contribution in [0.4, 0.5) is 0 Å². The first-order valence-corrected chi connectivity index (χ1v) is 8.66. The first-order valence-electron chi connectivity index (χ1n) is 8.66. The summed E-state index contributed by atoms with van der Waals surface area (Å²) in [6.07, 6.45) is 5.23. The van der Waals surface area contributed by atoms with Crippen LogP contribution in [-0.2, 0) is 6.42 Å². The quantitative estimate of drug-likeness (QED) is 0.825. The van der Waals surface area contributed by atoms with Gasteiger partial charge < -0.3 is 10.2 Å². The molecule has 1 N–H and O–H groups in total. The minimum Gasteiger partial charge on any atom is -0.315 e. The maximum atomic E-state index is 3.51. The van der Waals surface area contributed by atoms with Crippen molar-refractivity contribution in [3.8, 4) is 0 Å². The van der Waals surface area contributed by atoms with Crippen LogP contribution in [0.3, 0.4) is 0 Å². The summed E-state index contributed by atoms with van der Waals surface area (Å²) in [6.45, 7) is 8.41. The Morgan fingerprint density at radius 1 is 1.19 bits per heavy atom. The molecule has 21 heavy (non-hydrogen) atoms. The second kappa shape index (κ2) is 8.55. The molecule has 118 valence electrons. The van der Waals surface area contributed by atoms with Gasteiger partial charge in [0, 0.05) is 12.6 Å². The van der Waals surface area contributed by atoms with Crippen molar-refractivity contribution < 1.29 is 0 Å². The van der Waals surface area contributed by atoms with E-state index in [0.717, 1.165) is 11.8 Å². The van der Waals surface area contributed by atoms with Crippen LogP contribution in [-0.4, -0.2) is 37.6 Å². The van der Waals surface area contributed by atoms with Crippen molar-refractivity contribution in [2.24, 2.45) is 11.8 Å². The van der Waals surface area contributed by atoms with Gasteiger partial charge in [-0.15, -0.1) is 0 Å². The first-order chi connectivity index (χ1) is 10.2. The Morgan fingerprint density at radius 2 is 1.86 bits per heavy atom. The molecule has 1 heterocycles. The molecule has 0 aromatic heterocycles. The molecule has 1 saturated heterocycles. The highest BCUT2D eigenvalue weighted by atomic mass is 15.2. The zero-order valence-electron chi connectivity index (χ0n) is 14.0. The lowest BCUT2D eigenvalue weighted by atomic mass is 9.89. The predicted octanol–water partition coefficient (Wildman–Crippen LogP) is 3.58. The van der Waals surface area contributed by atoms with E-state index in [1.807, 2.05) is 0 Å². The summed E-state index contributed by atoms with van der Waals surface area (Å²) in [5, 5.41) is 3.51. The molecule has 0 saturated carbocycles. The molecular formula is C19H32N2. The van der Waals surface area contributed by atoms with Crippen LogP contribution in [0.2, 0.25) is 0 Å². The second-order valence-electron chi connectivity index (χ2n) is 6.71. The molecule has 2 rings (SSSR count). The fourth-order valence-corrected chi connectivity index (χ4v) is 3.44. The molecule has 1 aromatic rings. The van der Waals surface area contributed by atoms with E-state index in [0.29, 0.717) is 6.04 Å². The lowest BCUT2D eigenvalue weighted by Crippen LogP contribution is -2.46. The fourth-order valence-electron chi connectivity index (χ4n) is 3.44. The Labute approximate surface area is 130 Å². The molecule has 2 heteroatoms. The van der Waals surface area contributed by atoms with Crippen molar-refractivity contribution in [3.63, 3.8) is 0 Å². The molecule has 1 fully saturated rings. The Kier molecular flexibility index (Phi) is 6.72. The molecule has 0 spiro atoms. The van der Waals surface area contributed by atoms with Gasteiger partial charge in [0.2, 0.25) is 0 Å². The van der Waals surface area contributed by atoms with Gasteiger partial charge in [-0.2, -0.15) is 0 Å². The summed E-state index contributed by atoms with van der Waals surface area (Å²) in [5.41, 5.74) is 1.50. The number of hydrogen-bond acceptors (Lipinski definition) is 2. The predicted molar refractivity (Wildman–Crippen MR) is 91.6 cm³/mol. The van der Waals surface area contributed by atoms with Crippen LogP contribution >= 0.6 is 0 Å². The van der Waals surface area contributed by atoms with Gasteiger partial charge in [0.05, 0.1) is 0 Å². The van der Waals surface area contributed by atoms with Crippen LogP contribution in [0, 0.1) is 11.8 Å². The van der Waals surface area contributed by atoms with E-state index in [2.05, 4.69) is 61.4 Å². The zero-order valence-corrected chi connectivity index (χ0v) is 14.0.